The van der Waals surface area contributed by atoms with Crippen LogP contribution in [0.15, 0.2) is 41.8 Å². The van der Waals surface area contributed by atoms with E-state index in [0.717, 1.165) is 0 Å². The second kappa shape index (κ2) is 8.09. The second-order valence-electron chi connectivity index (χ2n) is 4.47. The summed E-state index contributed by atoms with van der Waals surface area (Å²) in [7, 11) is 1.53. The third kappa shape index (κ3) is 4.93. The van der Waals surface area contributed by atoms with Crippen molar-refractivity contribution in [2.45, 2.75) is 0 Å². The van der Waals surface area contributed by atoms with Crippen LogP contribution in [-0.2, 0) is 9.53 Å². The van der Waals surface area contributed by atoms with Gasteiger partial charge in [-0.3, -0.25) is 14.4 Å². The van der Waals surface area contributed by atoms with Crippen molar-refractivity contribution in [3.63, 3.8) is 0 Å². The van der Waals surface area contributed by atoms with Gasteiger partial charge in [0, 0.05) is 5.56 Å². The van der Waals surface area contributed by atoms with Gasteiger partial charge >= 0.3 is 5.97 Å². The predicted molar refractivity (Wildman–Crippen MR) is 84.9 cm³/mol. The van der Waals surface area contributed by atoms with Crippen LogP contribution in [-0.4, -0.2) is 37.9 Å². The van der Waals surface area contributed by atoms with Gasteiger partial charge in [-0.15, -0.1) is 11.3 Å². The number of amides is 1. The number of methoxy groups -OCH3 is 1. The molecule has 0 saturated heterocycles. The Hall–Kier alpha value is -2.67. The highest BCUT2D eigenvalue weighted by atomic mass is 32.1. The lowest BCUT2D eigenvalue weighted by atomic mass is 10.2. The number of ether oxygens (including phenoxy) is 2. The quantitative estimate of drug-likeness (QED) is 0.618. The van der Waals surface area contributed by atoms with Crippen molar-refractivity contribution < 1.29 is 23.9 Å². The van der Waals surface area contributed by atoms with Crippen molar-refractivity contribution in [2.24, 2.45) is 0 Å². The average Bonchev–Trinajstić information content (AvgIpc) is 3.12. The van der Waals surface area contributed by atoms with E-state index in [-0.39, 0.29) is 18.9 Å². The largest absolute Gasteiger partial charge is 0.497 e. The Morgan fingerprint density at radius 1 is 1.13 bits per heavy atom. The summed E-state index contributed by atoms with van der Waals surface area (Å²) in [5.41, 5.74) is 0.397. The van der Waals surface area contributed by atoms with E-state index < -0.39 is 11.9 Å². The number of hydrogen-bond donors (Lipinski definition) is 1. The lowest BCUT2D eigenvalue weighted by Crippen LogP contribution is -2.31. The van der Waals surface area contributed by atoms with Gasteiger partial charge in [0.2, 0.25) is 5.78 Å². The van der Waals surface area contributed by atoms with Crippen molar-refractivity contribution in [3.05, 3.63) is 52.2 Å². The van der Waals surface area contributed by atoms with E-state index in [1.54, 1.807) is 41.8 Å². The number of hydrogen-bond acceptors (Lipinski definition) is 6. The summed E-state index contributed by atoms with van der Waals surface area (Å²) in [6.07, 6.45) is 0. The molecule has 23 heavy (non-hydrogen) atoms. The number of carbonyl (C=O) groups is 3. The zero-order valence-electron chi connectivity index (χ0n) is 12.4. The van der Waals surface area contributed by atoms with Crippen molar-refractivity contribution in [1.29, 1.82) is 0 Å². The SMILES string of the molecule is COc1ccc(C(=O)NCC(=O)OCC(=O)c2cccs2)cc1. The summed E-state index contributed by atoms with van der Waals surface area (Å²) in [6, 6.07) is 9.86. The van der Waals surface area contributed by atoms with E-state index in [0.29, 0.717) is 16.2 Å². The molecule has 1 aromatic heterocycles. The van der Waals surface area contributed by atoms with E-state index >= 15 is 0 Å². The topological polar surface area (TPSA) is 81.7 Å². The van der Waals surface area contributed by atoms with Gasteiger partial charge in [0.15, 0.2) is 6.61 Å². The third-order valence-corrected chi connectivity index (χ3v) is 3.82. The molecule has 0 aliphatic heterocycles. The molecule has 0 saturated carbocycles. The first kappa shape index (κ1) is 16.7. The summed E-state index contributed by atoms with van der Waals surface area (Å²) in [5.74, 6) is -0.714. The number of benzene rings is 1. The highest BCUT2D eigenvalue weighted by Crippen LogP contribution is 2.11. The summed E-state index contributed by atoms with van der Waals surface area (Å²) >= 11 is 1.28. The lowest BCUT2D eigenvalue weighted by molar-refractivity contribution is -0.141. The smallest absolute Gasteiger partial charge is 0.325 e. The Kier molecular flexibility index (Phi) is 5.87. The number of esters is 1. The Bertz CT molecular complexity index is 679. The van der Waals surface area contributed by atoms with E-state index in [2.05, 4.69) is 5.32 Å². The Labute approximate surface area is 137 Å². The van der Waals surface area contributed by atoms with Crippen LogP contribution in [0.5, 0.6) is 5.75 Å². The number of rotatable bonds is 7. The van der Waals surface area contributed by atoms with E-state index in [4.69, 9.17) is 9.47 Å². The van der Waals surface area contributed by atoms with Gasteiger partial charge in [-0.2, -0.15) is 0 Å². The first-order valence-electron chi connectivity index (χ1n) is 6.74. The van der Waals surface area contributed by atoms with Gasteiger partial charge in [0.1, 0.15) is 12.3 Å². The molecule has 1 aromatic carbocycles. The van der Waals surface area contributed by atoms with Crippen LogP contribution in [0.2, 0.25) is 0 Å². The molecule has 0 spiro atoms. The Morgan fingerprint density at radius 3 is 2.48 bits per heavy atom. The van der Waals surface area contributed by atoms with E-state index in [1.807, 2.05) is 0 Å². The summed E-state index contributed by atoms with van der Waals surface area (Å²) in [5, 5.41) is 4.20. The van der Waals surface area contributed by atoms with Crippen molar-refractivity contribution in [3.8, 4) is 5.75 Å². The molecule has 0 aliphatic carbocycles. The molecule has 6 nitrogen and oxygen atoms in total. The van der Waals surface area contributed by atoms with Crippen molar-refractivity contribution in [2.75, 3.05) is 20.3 Å². The molecule has 1 amide bonds. The fraction of sp³-hybridized carbons (Fsp3) is 0.188. The maximum Gasteiger partial charge on any atom is 0.325 e. The lowest BCUT2D eigenvalue weighted by Gasteiger charge is -2.06. The van der Waals surface area contributed by atoms with E-state index in [1.165, 1.54) is 18.4 Å². The minimum absolute atomic E-state index is 0.269. The fourth-order valence-corrected chi connectivity index (χ4v) is 2.35. The molecule has 0 aliphatic rings. The van der Waals surface area contributed by atoms with E-state index in [9.17, 15) is 14.4 Å². The fourth-order valence-electron chi connectivity index (χ4n) is 1.70. The van der Waals surface area contributed by atoms with Gasteiger partial charge in [0.05, 0.1) is 12.0 Å². The van der Waals surface area contributed by atoms with Crippen molar-refractivity contribution >= 4 is 29.0 Å². The zero-order chi connectivity index (χ0) is 16.7. The first-order chi connectivity index (χ1) is 11.1. The number of thiophene rings is 1. The summed E-state index contributed by atoms with van der Waals surface area (Å²) in [4.78, 5) is 35.6. The first-order valence-corrected chi connectivity index (χ1v) is 7.62. The van der Waals surface area contributed by atoms with Crippen LogP contribution in [0.25, 0.3) is 0 Å². The molecule has 120 valence electrons. The summed E-state index contributed by atoms with van der Waals surface area (Å²) < 4.78 is 9.83. The maximum absolute atomic E-state index is 11.8. The average molecular weight is 333 g/mol. The summed E-state index contributed by atoms with van der Waals surface area (Å²) in [6.45, 7) is -0.639. The van der Waals surface area contributed by atoms with Gasteiger partial charge in [-0.25, -0.2) is 0 Å². The van der Waals surface area contributed by atoms with Gasteiger partial charge in [-0.05, 0) is 35.7 Å². The number of carbonyl (C=O) groups excluding carboxylic acids is 3. The molecule has 0 radical (unpaired) electrons. The molecule has 1 heterocycles. The standard InChI is InChI=1S/C16H15NO5S/c1-21-12-6-4-11(5-7-12)16(20)17-9-15(19)22-10-13(18)14-3-2-8-23-14/h2-8H,9-10H2,1H3,(H,17,20). The molecule has 0 bridgehead atoms. The highest BCUT2D eigenvalue weighted by molar-refractivity contribution is 7.12. The molecule has 0 unspecified atom stereocenters. The monoisotopic (exact) mass is 333 g/mol. The van der Waals surface area contributed by atoms with Crippen LogP contribution in [0.1, 0.15) is 20.0 Å². The maximum atomic E-state index is 11.8. The van der Waals surface area contributed by atoms with Gasteiger partial charge in [0.25, 0.3) is 5.91 Å². The molecular formula is C16H15NO5S. The molecule has 2 aromatic rings. The predicted octanol–water partition coefficient (Wildman–Crippen LogP) is 1.91. The molecule has 1 N–H and O–H groups in total. The zero-order valence-corrected chi connectivity index (χ0v) is 13.2. The van der Waals surface area contributed by atoms with Gasteiger partial charge in [-0.1, -0.05) is 6.07 Å². The molecule has 0 atom stereocenters. The van der Waals surface area contributed by atoms with Crippen molar-refractivity contribution in [1.82, 2.24) is 5.32 Å². The number of nitrogens with one attached hydrogen (secondary N) is 1. The van der Waals surface area contributed by atoms with Crippen LogP contribution in [0, 0.1) is 0 Å². The Balaban J connectivity index is 1.75. The molecule has 2 rings (SSSR count). The molecule has 7 heteroatoms. The Morgan fingerprint density at radius 2 is 1.87 bits per heavy atom. The van der Waals surface area contributed by atoms with Crippen LogP contribution in [0.4, 0.5) is 0 Å². The third-order valence-electron chi connectivity index (χ3n) is 2.91. The van der Waals surface area contributed by atoms with Crippen LogP contribution in [0.3, 0.4) is 0 Å². The number of ketones is 1. The van der Waals surface area contributed by atoms with Crippen LogP contribution < -0.4 is 10.1 Å². The molecule has 0 fully saturated rings. The number of Topliss-reactive ketones (excluding diaryl/α,β-unsaturated/α-hetero) is 1. The highest BCUT2D eigenvalue weighted by Gasteiger charge is 2.12. The normalized spacial score (nSPS) is 9.96. The molecular weight excluding hydrogens is 318 g/mol. The van der Waals surface area contributed by atoms with Crippen LogP contribution >= 0.6 is 11.3 Å². The minimum Gasteiger partial charge on any atom is -0.497 e. The second-order valence-corrected chi connectivity index (χ2v) is 5.42. The minimum atomic E-state index is -0.670. The van der Waals surface area contributed by atoms with Gasteiger partial charge < -0.3 is 14.8 Å².